The van der Waals surface area contributed by atoms with Gasteiger partial charge in [0.15, 0.2) is 11.6 Å². The van der Waals surface area contributed by atoms with Gasteiger partial charge in [-0.1, -0.05) is 0 Å². The highest BCUT2D eigenvalue weighted by Gasteiger charge is 2.13. The normalized spacial score (nSPS) is 10.6. The molecule has 0 atom stereocenters. The molecule has 2 aromatic heterocycles. The summed E-state index contributed by atoms with van der Waals surface area (Å²) in [7, 11) is 0. The van der Waals surface area contributed by atoms with E-state index in [1.807, 2.05) is 6.92 Å². The van der Waals surface area contributed by atoms with Crippen LogP contribution < -0.4 is 5.32 Å². The SMILES string of the molecule is CCNc1ncc(F)c(-n2nc(C)nc2C)n1. The fourth-order valence-corrected chi connectivity index (χ4v) is 1.47. The molecule has 90 valence electrons. The zero-order chi connectivity index (χ0) is 12.4. The van der Waals surface area contributed by atoms with E-state index in [2.05, 4.69) is 25.4 Å². The first-order chi connectivity index (χ1) is 8.11. The second kappa shape index (κ2) is 4.44. The van der Waals surface area contributed by atoms with Crippen molar-refractivity contribution in [3.8, 4) is 5.82 Å². The van der Waals surface area contributed by atoms with Crippen molar-refractivity contribution in [2.75, 3.05) is 11.9 Å². The van der Waals surface area contributed by atoms with E-state index in [9.17, 15) is 4.39 Å². The van der Waals surface area contributed by atoms with Crippen LogP contribution in [0.5, 0.6) is 0 Å². The van der Waals surface area contributed by atoms with Crippen LogP contribution in [0.4, 0.5) is 10.3 Å². The van der Waals surface area contributed by atoms with Crippen LogP contribution in [-0.2, 0) is 0 Å². The highest BCUT2D eigenvalue weighted by Crippen LogP contribution is 2.12. The average Bonchev–Trinajstić information content (AvgIpc) is 2.61. The standard InChI is InChI=1S/C10H13FN6/c1-4-12-10-13-5-8(11)9(15-10)17-7(3)14-6(2)16-17/h5H,4H2,1-3H3,(H,12,13,15). The lowest BCUT2D eigenvalue weighted by atomic mass is 10.5. The molecule has 0 aliphatic carbocycles. The van der Waals surface area contributed by atoms with Gasteiger partial charge in [-0.25, -0.2) is 14.4 Å². The van der Waals surface area contributed by atoms with Crippen molar-refractivity contribution in [1.29, 1.82) is 0 Å². The average molecular weight is 236 g/mol. The summed E-state index contributed by atoms with van der Waals surface area (Å²) in [5.74, 6) is 1.11. The molecule has 0 bridgehead atoms. The quantitative estimate of drug-likeness (QED) is 0.868. The van der Waals surface area contributed by atoms with E-state index in [0.717, 1.165) is 6.20 Å². The first-order valence-electron chi connectivity index (χ1n) is 5.29. The first-order valence-corrected chi connectivity index (χ1v) is 5.29. The van der Waals surface area contributed by atoms with Gasteiger partial charge in [-0.05, 0) is 20.8 Å². The Labute approximate surface area is 97.9 Å². The fourth-order valence-electron chi connectivity index (χ4n) is 1.47. The lowest BCUT2D eigenvalue weighted by Crippen LogP contribution is -2.10. The maximum Gasteiger partial charge on any atom is 0.224 e. The van der Waals surface area contributed by atoms with Crippen molar-refractivity contribution in [2.45, 2.75) is 20.8 Å². The van der Waals surface area contributed by atoms with Crippen molar-refractivity contribution in [1.82, 2.24) is 24.7 Å². The number of nitrogens with one attached hydrogen (secondary N) is 1. The fraction of sp³-hybridized carbons (Fsp3) is 0.400. The lowest BCUT2D eigenvalue weighted by molar-refractivity contribution is 0.590. The second-order valence-corrected chi connectivity index (χ2v) is 3.51. The molecule has 0 aliphatic rings. The minimum atomic E-state index is -0.528. The third-order valence-electron chi connectivity index (χ3n) is 2.14. The molecule has 7 heteroatoms. The molecule has 17 heavy (non-hydrogen) atoms. The second-order valence-electron chi connectivity index (χ2n) is 3.51. The Bertz CT molecular complexity index is 536. The summed E-state index contributed by atoms with van der Waals surface area (Å²) in [6.07, 6.45) is 1.12. The summed E-state index contributed by atoms with van der Waals surface area (Å²) in [4.78, 5) is 12.0. The van der Waals surface area contributed by atoms with E-state index < -0.39 is 5.82 Å². The Kier molecular flexibility index (Phi) is 2.99. The van der Waals surface area contributed by atoms with E-state index in [1.54, 1.807) is 13.8 Å². The maximum absolute atomic E-state index is 13.6. The van der Waals surface area contributed by atoms with Crippen LogP contribution in [0.25, 0.3) is 5.82 Å². The summed E-state index contributed by atoms with van der Waals surface area (Å²) in [5.41, 5.74) is 0. The summed E-state index contributed by atoms with van der Waals surface area (Å²) in [6, 6.07) is 0. The number of rotatable bonds is 3. The predicted molar refractivity (Wildman–Crippen MR) is 60.5 cm³/mol. The van der Waals surface area contributed by atoms with Crippen LogP contribution in [-0.4, -0.2) is 31.3 Å². The number of hydrogen-bond acceptors (Lipinski definition) is 5. The number of anilines is 1. The molecule has 6 nitrogen and oxygen atoms in total. The summed E-state index contributed by atoms with van der Waals surface area (Å²) in [5, 5.41) is 7.01. The topological polar surface area (TPSA) is 68.5 Å². The zero-order valence-electron chi connectivity index (χ0n) is 9.90. The van der Waals surface area contributed by atoms with Crippen LogP contribution in [0.15, 0.2) is 6.20 Å². The Balaban J connectivity index is 2.50. The van der Waals surface area contributed by atoms with E-state index in [-0.39, 0.29) is 5.82 Å². The highest BCUT2D eigenvalue weighted by molar-refractivity contribution is 5.32. The van der Waals surface area contributed by atoms with Gasteiger partial charge in [0.1, 0.15) is 11.6 Å². The van der Waals surface area contributed by atoms with Crippen LogP contribution in [0.2, 0.25) is 0 Å². The van der Waals surface area contributed by atoms with Gasteiger partial charge in [-0.3, -0.25) is 0 Å². The third kappa shape index (κ3) is 2.22. The Morgan fingerprint density at radius 1 is 1.35 bits per heavy atom. The molecule has 2 rings (SSSR count). The maximum atomic E-state index is 13.6. The van der Waals surface area contributed by atoms with Crippen molar-refractivity contribution in [3.05, 3.63) is 23.7 Å². The lowest BCUT2D eigenvalue weighted by Gasteiger charge is -2.06. The van der Waals surface area contributed by atoms with Crippen LogP contribution in [0.1, 0.15) is 18.6 Å². The number of halogens is 1. The van der Waals surface area contributed by atoms with Gasteiger partial charge in [0, 0.05) is 6.54 Å². The Morgan fingerprint density at radius 3 is 2.71 bits per heavy atom. The Morgan fingerprint density at radius 2 is 2.12 bits per heavy atom. The summed E-state index contributed by atoms with van der Waals surface area (Å²) in [6.45, 7) is 6.07. The van der Waals surface area contributed by atoms with Crippen molar-refractivity contribution >= 4 is 5.95 Å². The van der Waals surface area contributed by atoms with Gasteiger partial charge in [0.05, 0.1) is 6.20 Å². The molecular weight excluding hydrogens is 223 g/mol. The van der Waals surface area contributed by atoms with Crippen molar-refractivity contribution in [3.63, 3.8) is 0 Å². The van der Waals surface area contributed by atoms with Crippen molar-refractivity contribution < 1.29 is 4.39 Å². The molecule has 0 aliphatic heterocycles. The molecule has 0 radical (unpaired) electrons. The summed E-state index contributed by atoms with van der Waals surface area (Å²) >= 11 is 0. The molecule has 0 spiro atoms. The number of nitrogens with zero attached hydrogens (tertiary/aromatic N) is 5. The Hall–Kier alpha value is -2.05. The van der Waals surface area contributed by atoms with Gasteiger partial charge >= 0.3 is 0 Å². The largest absolute Gasteiger partial charge is 0.354 e. The molecule has 0 unspecified atom stereocenters. The molecular formula is C10H13FN6. The van der Waals surface area contributed by atoms with E-state index in [4.69, 9.17) is 0 Å². The smallest absolute Gasteiger partial charge is 0.224 e. The van der Waals surface area contributed by atoms with Gasteiger partial charge in [0.25, 0.3) is 0 Å². The zero-order valence-corrected chi connectivity index (χ0v) is 9.90. The van der Waals surface area contributed by atoms with E-state index in [1.165, 1.54) is 4.68 Å². The first kappa shape index (κ1) is 11.4. The minimum absolute atomic E-state index is 0.106. The monoisotopic (exact) mass is 236 g/mol. The molecule has 0 fully saturated rings. The van der Waals surface area contributed by atoms with Gasteiger partial charge < -0.3 is 5.32 Å². The number of aryl methyl sites for hydroxylation is 2. The van der Waals surface area contributed by atoms with Gasteiger partial charge in [-0.2, -0.15) is 9.67 Å². The third-order valence-corrected chi connectivity index (χ3v) is 2.14. The van der Waals surface area contributed by atoms with Crippen molar-refractivity contribution in [2.24, 2.45) is 0 Å². The highest BCUT2D eigenvalue weighted by atomic mass is 19.1. The number of hydrogen-bond donors (Lipinski definition) is 1. The van der Waals surface area contributed by atoms with Crippen LogP contribution in [0.3, 0.4) is 0 Å². The van der Waals surface area contributed by atoms with E-state index in [0.29, 0.717) is 24.1 Å². The molecule has 2 heterocycles. The minimum Gasteiger partial charge on any atom is -0.354 e. The number of aromatic nitrogens is 5. The molecule has 2 aromatic rings. The van der Waals surface area contributed by atoms with Crippen LogP contribution >= 0.6 is 0 Å². The van der Waals surface area contributed by atoms with Gasteiger partial charge in [0.2, 0.25) is 5.95 Å². The predicted octanol–water partition coefficient (Wildman–Crippen LogP) is 1.25. The molecule has 0 saturated carbocycles. The molecule has 1 N–H and O–H groups in total. The molecule has 0 aromatic carbocycles. The summed E-state index contributed by atoms with van der Waals surface area (Å²) < 4.78 is 15.0. The molecule has 0 saturated heterocycles. The van der Waals surface area contributed by atoms with Gasteiger partial charge in [-0.15, -0.1) is 5.10 Å². The van der Waals surface area contributed by atoms with E-state index >= 15 is 0 Å². The molecule has 0 amide bonds. The van der Waals surface area contributed by atoms with Crippen LogP contribution in [0, 0.1) is 19.7 Å².